The van der Waals surface area contributed by atoms with E-state index in [1.54, 1.807) is 76.2 Å². The minimum atomic E-state index is -1.41. The number of nitrogens with one attached hydrogen (secondary N) is 4. The highest BCUT2D eigenvalue weighted by Gasteiger charge is 2.32. The molecule has 1 aliphatic carbocycles. The van der Waals surface area contributed by atoms with Crippen molar-refractivity contribution < 1.29 is 93.9 Å². The molecule has 0 aromatic heterocycles. The van der Waals surface area contributed by atoms with Crippen molar-refractivity contribution >= 4 is 105 Å². The van der Waals surface area contributed by atoms with Crippen molar-refractivity contribution in [2.45, 2.75) is 155 Å². The van der Waals surface area contributed by atoms with E-state index < -0.39 is 122 Å². The molecule has 1 aliphatic rings. The van der Waals surface area contributed by atoms with Gasteiger partial charge in [-0.2, -0.15) is 0 Å². The molecule has 92 heavy (non-hydrogen) atoms. The van der Waals surface area contributed by atoms with Gasteiger partial charge in [0.2, 0.25) is 0 Å². The van der Waals surface area contributed by atoms with Gasteiger partial charge in [0, 0.05) is 42.4 Å². The van der Waals surface area contributed by atoms with E-state index in [4.69, 9.17) is 58.9 Å². The molecule has 0 spiro atoms. The van der Waals surface area contributed by atoms with Crippen molar-refractivity contribution in [1.29, 1.82) is 0 Å². The van der Waals surface area contributed by atoms with Crippen molar-refractivity contribution in [3.05, 3.63) is 163 Å². The molecule has 0 bridgehead atoms. The first-order valence-corrected chi connectivity index (χ1v) is 30.9. The minimum Gasteiger partial charge on any atom is -0.480 e. The normalized spacial score (nSPS) is 12.9. The fourth-order valence-corrected chi connectivity index (χ4v) is 9.76. The van der Waals surface area contributed by atoms with Crippen LogP contribution >= 0.6 is 57.4 Å². The van der Waals surface area contributed by atoms with Crippen LogP contribution in [0.3, 0.4) is 0 Å². The monoisotopic (exact) mass is 1470 g/mol. The first-order chi connectivity index (χ1) is 42.7. The molecule has 0 fully saturated rings. The van der Waals surface area contributed by atoms with E-state index >= 15 is 0 Å². The van der Waals surface area contributed by atoms with Crippen LogP contribution in [0.25, 0.3) is 11.1 Å². The molecule has 6 rings (SSSR count). The number of ketones is 2. The predicted molar refractivity (Wildman–Crippen MR) is 341 cm³/mol. The topological polar surface area (TPSA) is 262 Å². The van der Waals surface area contributed by atoms with Gasteiger partial charge in [0.15, 0.2) is 46.5 Å². The summed E-state index contributed by atoms with van der Waals surface area (Å²) in [5.74, 6) is -10.2. The second kappa shape index (κ2) is 35.6. The third-order valence-corrected chi connectivity index (χ3v) is 14.1. The minimum absolute atomic E-state index is 0.0111. The number of carbonyl (C=O) groups is 8. The number of amides is 4. The molecule has 5 aromatic carbocycles. The fraction of sp³-hybridized carbons (Fsp3) is 0.406. The smallest absolute Gasteiger partial charge is 0.408 e. The lowest BCUT2D eigenvalue weighted by molar-refractivity contribution is -0.140. The van der Waals surface area contributed by atoms with Crippen LogP contribution in [0, 0.1) is 34.9 Å². The van der Waals surface area contributed by atoms with E-state index in [0.717, 1.165) is 52.6 Å². The van der Waals surface area contributed by atoms with E-state index in [1.807, 2.05) is 48.5 Å². The Labute approximate surface area is 557 Å². The average Bonchev–Trinajstić information content (AvgIpc) is 1.62. The van der Waals surface area contributed by atoms with Crippen molar-refractivity contribution in [2.75, 3.05) is 11.0 Å². The van der Waals surface area contributed by atoms with E-state index in [0.29, 0.717) is 16.4 Å². The molecule has 18 nitrogen and oxygen atoms in total. The van der Waals surface area contributed by atoms with Crippen LogP contribution in [0.15, 0.2) is 84.9 Å². The highest BCUT2D eigenvalue weighted by molar-refractivity contribution is 14.1. The standard InChI is InChI=1S/C24H18ClF2NO4.C16H20ClF2NO3.C14H16ClF2NO4.C10H18INO3/c25-19-9-13(10-20(26)22(19)27)11-21(23(29)30)28-24(31)32-12-18-16-7-3-1-5-14(16)15-6-2-4-8-17(15)18;1-5-13(21)12(20-15(22)23-16(2,3)4)8-9-6-10(17)14(19)11(18)7-9;1-14(2,3)22-13(21)18-10(12(19)20)6-7-4-8(15)11(17)9(16)5-7;1-5-8(13)7(6-11)12-9(14)15-10(2,3)4/h1-10,18,21H,11-12H2,(H,28,31)(H,29,30);6-7,12H,5,8H2,1-4H3,(H,20,22);4-5,10H,6H2,1-3H3,(H,18,21)(H,19,20);7H,5-6H2,1-4H3,(H,12,14)/t21-;12-;10-;7-/m0000/s1. The Balaban J connectivity index is 0.000000332. The summed E-state index contributed by atoms with van der Waals surface area (Å²) in [7, 11) is 0. The number of alkyl carbamates (subject to hydrolysis) is 4. The molecule has 0 saturated carbocycles. The van der Waals surface area contributed by atoms with Crippen LogP contribution in [-0.4, -0.2) is 110 Å². The summed E-state index contributed by atoms with van der Waals surface area (Å²) in [5, 5.41) is 26.7. The zero-order valence-electron chi connectivity index (χ0n) is 52.0. The van der Waals surface area contributed by atoms with Crippen LogP contribution in [0.2, 0.25) is 15.1 Å². The van der Waals surface area contributed by atoms with Gasteiger partial charge in [-0.05, 0) is 138 Å². The van der Waals surface area contributed by atoms with Gasteiger partial charge in [0.1, 0.15) is 35.5 Å². The maximum absolute atomic E-state index is 13.6. The SMILES string of the molecule is CC(C)(C)OC(=O)N[C@@H](Cc1cc(F)c(F)c(Cl)c1)C(=O)O.CCC(=O)[C@H](CI)NC(=O)OC(C)(C)C.CCC(=O)[C@H](Cc1cc(F)c(F)c(Cl)c1)NC(=O)OC(C)(C)C.O=C(N[C@@H](Cc1cc(F)c(F)c(Cl)c1)C(=O)O)OCC1c2ccccc2-c2ccccc21. The van der Waals surface area contributed by atoms with Gasteiger partial charge >= 0.3 is 36.3 Å². The van der Waals surface area contributed by atoms with Gasteiger partial charge in [-0.15, -0.1) is 0 Å². The first-order valence-electron chi connectivity index (χ1n) is 28.2. The lowest BCUT2D eigenvalue weighted by Crippen LogP contribution is -2.44. The van der Waals surface area contributed by atoms with Gasteiger partial charge < -0.3 is 50.4 Å². The number of hydrogen-bond donors (Lipinski definition) is 6. The Bertz CT molecular complexity index is 3340. The summed E-state index contributed by atoms with van der Waals surface area (Å²) < 4.78 is 101. The number of carboxylic acid groups (broad SMARTS) is 2. The lowest BCUT2D eigenvalue weighted by Gasteiger charge is -2.23. The number of benzene rings is 5. The molecule has 0 aliphatic heterocycles. The summed E-state index contributed by atoms with van der Waals surface area (Å²) in [6.07, 6.45) is -3.11. The Morgan fingerprint density at radius 3 is 1.08 bits per heavy atom. The molecular weight excluding hydrogens is 1400 g/mol. The zero-order chi connectivity index (χ0) is 69.7. The number of alkyl halides is 1. The van der Waals surface area contributed by atoms with Crippen LogP contribution < -0.4 is 21.3 Å². The van der Waals surface area contributed by atoms with E-state index in [2.05, 4.69) is 43.9 Å². The molecule has 4 amide bonds. The van der Waals surface area contributed by atoms with Crippen molar-refractivity contribution in [1.82, 2.24) is 21.3 Å². The molecule has 0 heterocycles. The molecular formula is C64H72Cl3F6IN4O14. The van der Waals surface area contributed by atoms with E-state index in [9.17, 15) is 69.8 Å². The zero-order valence-corrected chi connectivity index (χ0v) is 56.4. The van der Waals surface area contributed by atoms with Crippen molar-refractivity contribution in [3.8, 4) is 11.1 Å². The highest BCUT2D eigenvalue weighted by atomic mass is 127. The highest BCUT2D eigenvalue weighted by Crippen LogP contribution is 2.44. The van der Waals surface area contributed by atoms with Crippen LogP contribution in [-0.2, 0) is 57.4 Å². The van der Waals surface area contributed by atoms with Crippen LogP contribution in [0.4, 0.5) is 45.5 Å². The number of ether oxygens (including phenoxy) is 4. The average molecular weight is 1470 g/mol. The molecule has 0 saturated heterocycles. The van der Waals surface area contributed by atoms with Gasteiger partial charge in [-0.25, -0.2) is 55.1 Å². The number of Topliss-reactive ketones (excluding diaryl/α,β-unsaturated/α-hetero) is 2. The number of halogens is 10. The van der Waals surface area contributed by atoms with Gasteiger partial charge in [0.25, 0.3) is 0 Å². The van der Waals surface area contributed by atoms with Gasteiger partial charge in [-0.3, -0.25) is 9.59 Å². The molecule has 0 radical (unpaired) electrons. The first kappa shape index (κ1) is 78.9. The maximum Gasteiger partial charge on any atom is 0.408 e. The third kappa shape index (κ3) is 26.3. The molecule has 6 N–H and O–H groups in total. The number of carboxylic acids is 2. The number of fused-ring (bicyclic) bond motifs is 3. The molecule has 502 valence electrons. The second-order valence-electron chi connectivity index (χ2n) is 23.3. The fourth-order valence-electron chi connectivity index (χ4n) is 8.36. The summed E-state index contributed by atoms with van der Waals surface area (Å²) in [4.78, 5) is 93.3. The number of carbonyl (C=O) groups excluding carboxylic acids is 6. The van der Waals surface area contributed by atoms with Crippen LogP contribution in [0.5, 0.6) is 0 Å². The van der Waals surface area contributed by atoms with Gasteiger partial charge in [0.05, 0.1) is 27.2 Å². The largest absolute Gasteiger partial charge is 0.480 e. The molecule has 0 unspecified atom stereocenters. The second-order valence-corrected chi connectivity index (χ2v) is 25.4. The maximum atomic E-state index is 13.6. The lowest BCUT2D eigenvalue weighted by atomic mass is 9.98. The quantitative estimate of drug-likeness (QED) is 0.0148. The molecule has 5 aromatic rings. The summed E-state index contributed by atoms with van der Waals surface area (Å²) in [6, 6.07) is 17.6. The van der Waals surface area contributed by atoms with Gasteiger partial charge in [-0.1, -0.05) is 120 Å². The summed E-state index contributed by atoms with van der Waals surface area (Å²) >= 11 is 18.8. The van der Waals surface area contributed by atoms with Crippen molar-refractivity contribution in [3.63, 3.8) is 0 Å². The molecule has 4 atom stereocenters. The van der Waals surface area contributed by atoms with E-state index in [1.165, 1.54) is 6.07 Å². The van der Waals surface area contributed by atoms with E-state index in [-0.39, 0.29) is 65.9 Å². The Morgan fingerprint density at radius 1 is 0.478 bits per heavy atom. The Morgan fingerprint density at radius 2 is 0.772 bits per heavy atom. The van der Waals surface area contributed by atoms with Crippen LogP contribution in [0.1, 0.15) is 123 Å². The number of aliphatic carboxylic acids is 2. The summed E-state index contributed by atoms with van der Waals surface area (Å²) in [5.41, 5.74) is 2.69. The van der Waals surface area contributed by atoms with Crippen molar-refractivity contribution in [2.24, 2.45) is 0 Å². The Hall–Kier alpha value is -7.36. The number of hydrogen-bond acceptors (Lipinski definition) is 12. The predicted octanol–water partition coefficient (Wildman–Crippen LogP) is 14.6. The molecule has 28 heteroatoms. The number of rotatable bonds is 19. The Kier molecular flexibility index (Phi) is 30.5. The summed E-state index contributed by atoms with van der Waals surface area (Å²) in [6.45, 7) is 18.7. The third-order valence-electron chi connectivity index (χ3n) is 12.4.